The smallest absolute Gasteiger partial charge is 0.137 e. The molecule has 0 atom stereocenters. The summed E-state index contributed by atoms with van der Waals surface area (Å²) in [5.74, 6) is 0. The summed E-state index contributed by atoms with van der Waals surface area (Å²) in [6.45, 7) is 0.602. The van der Waals surface area contributed by atoms with Gasteiger partial charge in [-0.05, 0) is 17.7 Å². The summed E-state index contributed by atoms with van der Waals surface area (Å²) < 4.78 is 3.21. The molecule has 114 valence electrons. The van der Waals surface area contributed by atoms with E-state index >= 15 is 0 Å². The quantitative estimate of drug-likeness (QED) is 0.738. The zero-order chi connectivity index (χ0) is 15.4. The van der Waals surface area contributed by atoms with Crippen molar-refractivity contribution in [2.45, 2.75) is 25.1 Å². The SMILES string of the molecule is OC(Cc1ccc(Cl)cc1)(Cn1cncn1)Cn1cncn1. The van der Waals surface area contributed by atoms with Crippen LogP contribution >= 0.6 is 11.6 Å². The van der Waals surface area contributed by atoms with E-state index in [0.717, 1.165) is 5.56 Å². The van der Waals surface area contributed by atoms with Crippen molar-refractivity contribution in [3.8, 4) is 0 Å². The van der Waals surface area contributed by atoms with Crippen molar-refractivity contribution in [1.29, 1.82) is 0 Å². The van der Waals surface area contributed by atoms with Crippen LogP contribution in [0.15, 0.2) is 49.6 Å². The summed E-state index contributed by atoms with van der Waals surface area (Å²) in [7, 11) is 0. The predicted molar refractivity (Wildman–Crippen MR) is 80.1 cm³/mol. The lowest BCUT2D eigenvalue weighted by Gasteiger charge is -2.28. The predicted octanol–water partition coefficient (Wildman–Crippen LogP) is 1.20. The summed E-state index contributed by atoms with van der Waals surface area (Å²) in [4.78, 5) is 7.82. The fourth-order valence-corrected chi connectivity index (χ4v) is 2.50. The Bertz CT molecular complexity index is 659. The highest BCUT2D eigenvalue weighted by Crippen LogP contribution is 2.19. The molecule has 2 aromatic heterocycles. The third kappa shape index (κ3) is 3.69. The number of aromatic nitrogens is 6. The Morgan fingerprint density at radius 2 is 1.50 bits per heavy atom. The molecule has 0 saturated heterocycles. The highest BCUT2D eigenvalue weighted by molar-refractivity contribution is 6.30. The molecule has 3 rings (SSSR count). The van der Waals surface area contributed by atoms with Gasteiger partial charge in [-0.3, -0.25) is 0 Å². The molecule has 0 aliphatic heterocycles. The van der Waals surface area contributed by atoms with Gasteiger partial charge in [0.2, 0.25) is 0 Å². The number of nitrogens with zero attached hydrogens (tertiary/aromatic N) is 6. The molecule has 0 amide bonds. The van der Waals surface area contributed by atoms with Crippen molar-refractivity contribution in [1.82, 2.24) is 29.5 Å². The Balaban J connectivity index is 1.82. The average molecular weight is 319 g/mol. The number of rotatable bonds is 6. The Morgan fingerprint density at radius 1 is 0.955 bits per heavy atom. The molecule has 8 heteroatoms. The van der Waals surface area contributed by atoms with E-state index in [2.05, 4.69) is 20.2 Å². The van der Waals surface area contributed by atoms with E-state index in [1.165, 1.54) is 12.7 Å². The maximum Gasteiger partial charge on any atom is 0.137 e. The number of hydrogen-bond acceptors (Lipinski definition) is 5. The van der Waals surface area contributed by atoms with Gasteiger partial charge in [0.05, 0.1) is 13.1 Å². The molecule has 0 bridgehead atoms. The van der Waals surface area contributed by atoms with Crippen molar-refractivity contribution in [2.24, 2.45) is 0 Å². The summed E-state index contributed by atoms with van der Waals surface area (Å²) in [5, 5.41) is 19.9. The second-order valence-electron chi connectivity index (χ2n) is 5.21. The first kappa shape index (κ1) is 14.7. The zero-order valence-corrected chi connectivity index (χ0v) is 12.5. The van der Waals surface area contributed by atoms with Crippen molar-refractivity contribution in [3.05, 3.63) is 60.2 Å². The topological polar surface area (TPSA) is 81.6 Å². The van der Waals surface area contributed by atoms with Crippen molar-refractivity contribution in [2.75, 3.05) is 0 Å². The van der Waals surface area contributed by atoms with E-state index in [0.29, 0.717) is 24.5 Å². The van der Waals surface area contributed by atoms with Gasteiger partial charge in [-0.25, -0.2) is 19.3 Å². The van der Waals surface area contributed by atoms with Gasteiger partial charge in [0, 0.05) is 11.4 Å². The third-order valence-electron chi connectivity index (χ3n) is 3.29. The lowest BCUT2D eigenvalue weighted by molar-refractivity contribution is -0.000123. The molecule has 0 spiro atoms. The van der Waals surface area contributed by atoms with Crippen molar-refractivity contribution >= 4 is 11.6 Å². The van der Waals surface area contributed by atoms with Crippen molar-refractivity contribution in [3.63, 3.8) is 0 Å². The van der Waals surface area contributed by atoms with Gasteiger partial charge in [0.25, 0.3) is 0 Å². The van der Waals surface area contributed by atoms with Crippen LogP contribution in [0, 0.1) is 0 Å². The maximum absolute atomic E-state index is 11.1. The van der Waals surface area contributed by atoms with E-state index in [4.69, 9.17) is 11.6 Å². The summed E-state index contributed by atoms with van der Waals surface area (Å²) in [6, 6.07) is 7.41. The molecule has 0 aliphatic carbocycles. The molecular formula is C14H15ClN6O. The molecule has 0 aliphatic rings. The second-order valence-corrected chi connectivity index (χ2v) is 5.65. The van der Waals surface area contributed by atoms with Gasteiger partial charge in [-0.15, -0.1) is 0 Å². The monoisotopic (exact) mass is 318 g/mol. The minimum atomic E-state index is -1.07. The third-order valence-corrected chi connectivity index (χ3v) is 3.54. The van der Waals surface area contributed by atoms with Crippen LogP contribution in [-0.2, 0) is 19.5 Å². The van der Waals surface area contributed by atoms with E-state index in [1.54, 1.807) is 22.0 Å². The molecule has 22 heavy (non-hydrogen) atoms. The molecule has 0 radical (unpaired) electrons. The first-order chi connectivity index (χ1) is 10.6. The summed E-state index contributed by atoms with van der Waals surface area (Å²) in [5.41, 5.74) is -0.0954. The summed E-state index contributed by atoms with van der Waals surface area (Å²) >= 11 is 5.91. The largest absolute Gasteiger partial charge is 0.386 e. The Kier molecular flexibility index (Phi) is 4.17. The Labute approximate surface area is 132 Å². The molecule has 1 aromatic carbocycles. The van der Waals surface area contributed by atoms with Crippen LogP contribution in [0.5, 0.6) is 0 Å². The van der Waals surface area contributed by atoms with Crippen LogP contribution in [0.1, 0.15) is 5.56 Å². The summed E-state index contributed by atoms with van der Waals surface area (Å²) in [6.07, 6.45) is 6.47. The molecule has 1 N–H and O–H groups in total. The van der Waals surface area contributed by atoms with E-state index in [9.17, 15) is 5.11 Å². The van der Waals surface area contributed by atoms with Gasteiger partial charge < -0.3 is 5.11 Å². The van der Waals surface area contributed by atoms with Crippen LogP contribution in [0.3, 0.4) is 0 Å². The van der Waals surface area contributed by atoms with Crippen molar-refractivity contribution < 1.29 is 5.11 Å². The lowest BCUT2D eigenvalue weighted by atomic mass is 9.94. The fourth-order valence-electron chi connectivity index (χ4n) is 2.38. The van der Waals surface area contributed by atoms with Crippen LogP contribution < -0.4 is 0 Å². The lowest BCUT2D eigenvalue weighted by Crippen LogP contribution is -2.41. The van der Waals surface area contributed by atoms with Gasteiger partial charge in [0.1, 0.15) is 30.9 Å². The fraction of sp³-hybridized carbons (Fsp3) is 0.286. The first-order valence-electron chi connectivity index (χ1n) is 6.75. The minimum absolute atomic E-state index is 0.301. The number of benzene rings is 1. The molecule has 2 heterocycles. The molecular weight excluding hydrogens is 304 g/mol. The number of aliphatic hydroxyl groups is 1. The van der Waals surface area contributed by atoms with E-state index in [1.807, 2.05) is 24.3 Å². The molecule has 0 saturated carbocycles. The van der Waals surface area contributed by atoms with Crippen LogP contribution in [0.4, 0.5) is 0 Å². The van der Waals surface area contributed by atoms with E-state index in [-0.39, 0.29) is 0 Å². The van der Waals surface area contributed by atoms with E-state index < -0.39 is 5.60 Å². The zero-order valence-electron chi connectivity index (χ0n) is 11.7. The molecule has 3 aromatic rings. The highest BCUT2D eigenvalue weighted by atomic mass is 35.5. The van der Waals surface area contributed by atoms with Crippen LogP contribution in [-0.4, -0.2) is 40.2 Å². The van der Waals surface area contributed by atoms with Gasteiger partial charge in [-0.2, -0.15) is 10.2 Å². The normalized spacial score (nSPS) is 11.7. The standard InChI is InChI=1S/C14H15ClN6O/c15-13-3-1-12(2-4-13)5-14(22,6-20-10-16-8-18-20)7-21-11-17-9-19-21/h1-4,8-11,22H,5-7H2. The second kappa shape index (κ2) is 6.25. The van der Waals surface area contributed by atoms with Gasteiger partial charge in [-0.1, -0.05) is 23.7 Å². The first-order valence-corrected chi connectivity index (χ1v) is 7.12. The van der Waals surface area contributed by atoms with Gasteiger partial charge >= 0.3 is 0 Å². The number of halogens is 1. The van der Waals surface area contributed by atoms with Crippen LogP contribution in [0.2, 0.25) is 5.02 Å². The minimum Gasteiger partial charge on any atom is -0.386 e. The van der Waals surface area contributed by atoms with Gasteiger partial charge in [0.15, 0.2) is 0 Å². The molecule has 0 unspecified atom stereocenters. The van der Waals surface area contributed by atoms with Crippen LogP contribution in [0.25, 0.3) is 0 Å². The average Bonchev–Trinajstić information content (AvgIpc) is 3.15. The highest BCUT2D eigenvalue weighted by Gasteiger charge is 2.29. The molecule has 7 nitrogen and oxygen atoms in total. The molecule has 0 fully saturated rings. The maximum atomic E-state index is 11.1. The Morgan fingerprint density at radius 3 is 1.95 bits per heavy atom. The number of hydrogen-bond donors (Lipinski definition) is 1. The Hall–Kier alpha value is -2.25.